The Hall–Kier alpha value is -2.41. The van der Waals surface area contributed by atoms with Crippen molar-refractivity contribution in [2.75, 3.05) is 12.8 Å². The highest BCUT2D eigenvalue weighted by atomic mass is 32.2. The van der Waals surface area contributed by atoms with Crippen LogP contribution in [-0.2, 0) is 17.8 Å². The van der Waals surface area contributed by atoms with Gasteiger partial charge in [-0.15, -0.1) is 5.10 Å². The van der Waals surface area contributed by atoms with E-state index in [1.807, 2.05) is 50.1 Å². The largest absolute Gasteiger partial charge is 0.339 e. The zero-order valence-corrected chi connectivity index (χ0v) is 17.1. The van der Waals surface area contributed by atoms with Gasteiger partial charge in [0.15, 0.2) is 0 Å². The normalized spacial score (nSPS) is 11.1. The van der Waals surface area contributed by atoms with E-state index < -0.39 is 0 Å². The monoisotopic (exact) mass is 383 g/mol. The number of hydrogen-bond acceptors (Lipinski definition) is 5. The molecule has 1 amide bonds. The molecule has 0 radical (unpaired) electrons. The van der Waals surface area contributed by atoms with E-state index in [4.69, 9.17) is 0 Å². The predicted molar refractivity (Wildman–Crippen MR) is 108 cm³/mol. The third-order valence-corrected chi connectivity index (χ3v) is 5.29. The summed E-state index contributed by atoms with van der Waals surface area (Å²) < 4.78 is 1.78. The van der Waals surface area contributed by atoms with Crippen LogP contribution in [0.15, 0.2) is 35.5 Å². The SMILES string of the molecule is CCN(Cc1ccccc1)C(=O)CCc1c(C)nc2nc(SC)nn2c1C. The molecule has 6 nitrogen and oxygen atoms in total. The summed E-state index contributed by atoms with van der Waals surface area (Å²) in [6.07, 6.45) is 3.06. The molecule has 1 aromatic carbocycles. The molecule has 0 saturated heterocycles. The quantitative estimate of drug-likeness (QED) is 0.585. The molecule has 2 heterocycles. The van der Waals surface area contributed by atoms with Gasteiger partial charge in [0.1, 0.15) is 0 Å². The summed E-state index contributed by atoms with van der Waals surface area (Å²) in [5.41, 5.74) is 4.14. The Bertz CT molecular complexity index is 938. The molecule has 27 heavy (non-hydrogen) atoms. The third-order valence-electron chi connectivity index (χ3n) is 4.75. The molecule has 0 aliphatic heterocycles. The van der Waals surface area contributed by atoms with E-state index >= 15 is 0 Å². The topological polar surface area (TPSA) is 63.4 Å². The van der Waals surface area contributed by atoms with Crippen LogP contribution in [0.2, 0.25) is 0 Å². The van der Waals surface area contributed by atoms with Gasteiger partial charge in [-0.3, -0.25) is 4.79 Å². The maximum Gasteiger partial charge on any atom is 0.253 e. The zero-order chi connectivity index (χ0) is 19.4. The standard InChI is InChI=1S/C20H25N5OS/c1-5-24(13-16-9-7-6-8-10-16)18(26)12-11-17-14(2)21-19-22-20(27-4)23-25(19)15(17)3/h6-10H,5,11-13H2,1-4H3. The van der Waals surface area contributed by atoms with Gasteiger partial charge in [0.05, 0.1) is 0 Å². The Balaban J connectivity index is 1.74. The lowest BCUT2D eigenvalue weighted by atomic mass is 10.1. The van der Waals surface area contributed by atoms with E-state index in [1.165, 1.54) is 11.8 Å². The lowest BCUT2D eigenvalue weighted by Crippen LogP contribution is -2.30. The minimum atomic E-state index is 0.156. The summed E-state index contributed by atoms with van der Waals surface area (Å²) in [7, 11) is 0. The van der Waals surface area contributed by atoms with Gasteiger partial charge in [-0.05, 0) is 44.6 Å². The first-order valence-electron chi connectivity index (χ1n) is 9.12. The molecule has 0 aliphatic rings. The fourth-order valence-corrected chi connectivity index (χ4v) is 3.54. The van der Waals surface area contributed by atoms with Crippen molar-refractivity contribution in [3.8, 4) is 0 Å². The van der Waals surface area contributed by atoms with E-state index in [2.05, 4.69) is 27.2 Å². The van der Waals surface area contributed by atoms with Crippen molar-refractivity contribution in [2.24, 2.45) is 0 Å². The van der Waals surface area contributed by atoms with Crippen molar-refractivity contribution in [3.05, 3.63) is 52.8 Å². The Morgan fingerprint density at radius 3 is 2.59 bits per heavy atom. The van der Waals surface area contributed by atoms with Crippen LogP contribution in [0.4, 0.5) is 0 Å². The molecule has 3 rings (SSSR count). The first-order chi connectivity index (χ1) is 13.0. The fourth-order valence-electron chi connectivity index (χ4n) is 3.21. The molecule has 0 atom stereocenters. The molecular weight excluding hydrogens is 358 g/mol. The number of nitrogens with zero attached hydrogens (tertiary/aromatic N) is 5. The number of carbonyl (C=O) groups is 1. The number of amides is 1. The summed E-state index contributed by atoms with van der Waals surface area (Å²) in [6.45, 7) is 7.35. The summed E-state index contributed by atoms with van der Waals surface area (Å²) in [6, 6.07) is 10.1. The number of hydrogen-bond donors (Lipinski definition) is 0. The highest BCUT2D eigenvalue weighted by Crippen LogP contribution is 2.18. The summed E-state index contributed by atoms with van der Waals surface area (Å²) in [4.78, 5) is 23.6. The first kappa shape index (κ1) is 19.4. The van der Waals surface area contributed by atoms with E-state index in [0.29, 0.717) is 36.9 Å². The molecule has 0 saturated carbocycles. The molecule has 2 aromatic heterocycles. The van der Waals surface area contributed by atoms with Crippen LogP contribution in [-0.4, -0.2) is 43.2 Å². The molecular formula is C20H25N5OS. The number of aromatic nitrogens is 4. The van der Waals surface area contributed by atoms with Crippen LogP contribution in [0.5, 0.6) is 0 Å². The maximum absolute atomic E-state index is 12.8. The Morgan fingerprint density at radius 1 is 1.19 bits per heavy atom. The first-order valence-corrected chi connectivity index (χ1v) is 10.3. The van der Waals surface area contributed by atoms with E-state index in [1.54, 1.807) is 4.52 Å². The maximum atomic E-state index is 12.8. The fraction of sp³-hybridized carbons (Fsp3) is 0.400. The van der Waals surface area contributed by atoms with Crippen molar-refractivity contribution in [1.29, 1.82) is 0 Å². The Kier molecular flexibility index (Phi) is 6.11. The third kappa shape index (κ3) is 4.30. The lowest BCUT2D eigenvalue weighted by Gasteiger charge is -2.21. The van der Waals surface area contributed by atoms with Crippen molar-refractivity contribution >= 4 is 23.4 Å². The Morgan fingerprint density at radius 2 is 1.93 bits per heavy atom. The summed E-state index contributed by atoms with van der Waals surface area (Å²) in [5.74, 6) is 0.771. The molecule has 7 heteroatoms. The van der Waals surface area contributed by atoms with Crippen LogP contribution in [0.25, 0.3) is 5.78 Å². The van der Waals surface area contributed by atoms with Crippen molar-refractivity contribution < 1.29 is 4.79 Å². The second-order valence-corrected chi connectivity index (χ2v) is 7.24. The van der Waals surface area contributed by atoms with Gasteiger partial charge in [0.25, 0.3) is 5.78 Å². The number of carbonyl (C=O) groups excluding carboxylic acids is 1. The van der Waals surface area contributed by atoms with Crippen LogP contribution in [0.1, 0.15) is 35.9 Å². The highest BCUT2D eigenvalue weighted by molar-refractivity contribution is 7.98. The highest BCUT2D eigenvalue weighted by Gasteiger charge is 2.17. The zero-order valence-electron chi connectivity index (χ0n) is 16.3. The van der Waals surface area contributed by atoms with Crippen LogP contribution in [0, 0.1) is 13.8 Å². The molecule has 0 unspecified atom stereocenters. The van der Waals surface area contributed by atoms with Gasteiger partial charge in [0, 0.05) is 30.9 Å². The number of thioether (sulfide) groups is 1. The molecule has 0 bridgehead atoms. The minimum absolute atomic E-state index is 0.156. The molecule has 0 spiro atoms. The molecule has 0 fully saturated rings. The average Bonchev–Trinajstić information content (AvgIpc) is 3.09. The number of rotatable bonds is 7. The van der Waals surface area contributed by atoms with Gasteiger partial charge in [0.2, 0.25) is 11.1 Å². The van der Waals surface area contributed by atoms with Gasteiger partial charge < -0.3 is 4.90 Å². The Labute approximate surface area is 164 Å². The molecule has 142 valence electrons. The molecule has 0 N–H and O–H groups in total. The van der Waals surface area contributed by atoms with E-state index in [0.717, 1.165) is 22.5 Å². The van der Waals surface area contributed by atoms with Gasteiger partial charge in [-0.2, -0.15) is 4.98 Å². The minimum Gasteiger partial charge on any atom is -0.339 e. The molecule has 3 aromatic rings. The van der Waals surface area contributed by atoms with Crippen LogP contribution >= 0.6 is 11.8 Å². The van der Waals surface area contributed by atoms with Crippen LogP contribution < -0.4 is 0 Å². The summed E-state index contributed by atoms with van der Waals surface area (Å²) >= 11 is 1.50. The number of fused-ring (bicyclic) bond motifs is 1. The van der Waals surface area contributed by atoms with E-state index in [9.17, 15) is 4.79 Å². The van der Waals surface area contributed by atoms with Gasteiger partial charge >= 0.3 is 0 Å². The average molecular weight is 384 g/mol. The number of benzene rings is 1. The summed E-state index contributed by atoms with van der Waals surface area (Å²) in [5, 5.41) is 5.18. The second-order valence-electron chi connectivity index (χ2n) is 6.46. The smallest absolute Gasteiger partial charge is 0.253 e. The van der Waals surface area contributed by atoms with Gasteiger partial charge in [-0.1, -0.05) is 42.1 Å². The van der Waals surface area contributed by atoms with Gasteiger partial charge in [-0.25, -0.2) is 9.50 Å². The van der Waals surface area contributed by atoms with Crippen molar-refractivity contribution in [2.45, 2.75) is 45.3 Å². The second kappa shape index (κ2) is 8.52. The van der Waals surface area contributed by atoms with Crippen molar-refractivity contribution in [1.82, 2.24) is 24.5 Å². The van der Waals surface area contributed by atoms with E-state index in [-0.39, 0.29) is 5.91 Å². The van der Waals surface area contributed by atoms with Crippen LogP contribution in [0.3, 0.4) is 0 Å². The predicted octanol–water partition coefficient (Wildman–Crippen LogP) is 3.44. The molecule has 0 aliphatic carbocycles. The number of aryl methyl sites for hydroxylation is 2. The lowest BCUT2D eigenvalue weighted by molar-refractivity contribution is -0.131. The van der Waals surface area contributed by atoms with Crippen molar-refractivity contribution in [3.63, 3.8) is 0 Å².